The topological polar surface area (TPSA) is 19.7 Å². The molecular formula is C93H62N4. The van der Waals surface area contributed by atoms with Gasteiger partial charge in [-0.3, -0.25) is 0 Å². The third kappa shape index (κ3) is 9.44. The third-order valence-corrected chi connectivity index (χ3v) is 19.8. The van der Waals surface area contributed by atoms with Gasteiger partial charge in [-0.25, -0.2) is 0 Å². The summed E-state index contributed by atoms with van der Waals surface area (Å²) in [6.45, 7) is 2.14. The van der Waals surface area contributed by atoms with Crippen molar-refractivity contribution in [3.63, 3.8) is 0 Å². The Morgan fingerprint density at radius 2 is 0.464 bits per heavy atom. The number of aryl methyl sites for hydroxylation is 1. The lowest BCUT2D eigenvalue weighted by Gasteiger charge is -2.11. The van der Waals surface area contributed by atoms with Crippen molar-refractivity contribution in [3.8, 4) is 67.3 Å². The van der Waals surface area contributed by atoms with E-state index in [1.165, 1.54) is 121 Å². The highest BCUT2D eigenvalue weighted by molar-refractivity contribution is 6.14. The fraction of sp³-hybridized carbons (Fsp3) is 0.0108. The first kappa shape index (κ1) is 50.8. The van der Waals surface area contributed by atoms with Crippen molar-refractivity contribution in [2.45, 2.75) is 6.92 Å². The van der Waals surface area contributed by atoms with Crippen LogP contribution in [-0.4, -0.2) is 18.3 Å². The van der Waals surface area contributed by atoms with Crippen LogP contribution in [0.4, 0.5) is 0 Å². The molecule has 4 heterocycles. The average Bonchev–Trinajstić information content (AvgIpc) is 1.54. The van der Waals surface area contributed by atoms with Gasteiger partial charge in [-0.1, -0.05) is 266 Å². The second-order valence-corrected chi connectivity index (χ2v) is 25.4. The maximum absolute atomic E-state index is 8.77. The molecule has 4 nitrogen and oxygen atoms in total. The SMILES string of the molecule is Cc1ccc(-n2c3ccccc3c3ccc(-c4ccc(-c5ccc6c7ccccc7n(-c7ccc8ccccc8c7)c6c5)cc4)cc32)cc1.[2H]c1c([2H])c([2H])c(-n2c3ccccc3c3ccc(-c4ccc(-c5ccc6c7ccccc7n(-c7ccc8ccccc8c7)c6c5)cc4)cc32)c([2H])c1[2H]. The molecule has 0 saturated carbocycles. The first-order chi connectivity index (χ1) is 50.1. The summed E-state index contributed by atoms with van der Waals surface area (Å²) in [6, 6.07) is 116. The number of fused-ring (bicyclic) bond motifs is 14. The summed E-state index contributed by atoms with van der Waals surface area (Å²) in [7, 11) is 0. The zero-order valence-electron chi connectivity index (χ0n) is 58.0. The lowest BCUT2D eigenvalue weighted by Crippen LogP contribution is -1.94. The number of nitrogens with zero attached hydrogens (tertiary/aromatic N) is 4. The van der Waals surface area contributed by atoms with Crippen LogP contribution in [0.15, 0.2) is 358 Å². The van der Waals surface area contributed by atoms with E-state index in [0.717, 1.165) is 55.3 Å². The quantitative estimate of drug-likeness (QED) is 0.144. The van der Waals surface area contributed by atoms with Crippen molar-refractivity contribution in [2.24, 2.45) is 0 Å². The molecule has 0 spiro atoms. The van der Waals surface area contributed by atoms with Crippen molar-refractivity contribution in [3.05, 3.63) is 363 Å². The molecule has 4 heteroatoms. The van der Waals surface area contributed by atoms with E-state index in [9.17, 15) is 0 Å². The smallest absolute Gasteiger partial charge is 0.0645 e. The van der Waals surface area contributed by atoms with E-state index in [0.29, 0.717) is 0 Å². The molecule has 0 aliphatic rings. The first-order valence-corrected chi connectivity index (χ1v) is 33.0. The van der Waals surface area contributed by atoms with Gasteiger partial charge in [-0.05, 0) is 170 Å². The fourth-order valence-electron chi connectivity index (χ4n) is 15.1. The van der Waals surface area contributed by atoms with Crippen LogP contribution in [0.3, 0.4) is 0 Å². The summed E-state index contributed by atoms with van der Waals surface area (Å²) < 4.78 is 51.4. The van der Waals surface area contributed by atoms with Crippen LogP contribution in [0.25, 0.3) is 176 Å². The summed E-state index contributed by atoms with van der Waals surface area (Å²) in [5.41, 5.74) is 22.7. The van der Waals surface area contributed by atoms with Crippen molar-refractivity contribution in [2.75, 3.05) is 0 Å². The molecule has 20 aromatic rings. The maximum atomic E-state index is 8.77. The highest BCUT2D eigenvalue weighted by Gasteiger charge is 2.19. The summed E-state index contributed by atoms with van der Waals surface area (Å²) in [6.07, 6.45) is 0. The Labute approximate surface area is 568 Å². The van der Waals surface area contributed by atoms with Crippen molar-refractivity contribution in [1.82, 2.24) is 18.3 Å². The van der Waals surface area contributed by atoms with Crippen LogP contribution in [0.2, 0.25) is 0 Å². The monoisotopic (exact) mass is 1240 g/mol. The average molecular weight is 1240 g/mol. The molecule has 0 fully saturated rings. The number of hydrogen-bond donors (Lipinski definition) is 0. The molecule has 0 bridgehead atoms. The van der Waals surface area contributed by atoms with Gasteiger partial charge in [-0.15, -0.1) is 0 Å². The first-order valence-electron chi connectivity index (χ1n) is 35.5. The van der Waals surface area contributed by atoms with Gasteiger partial charge in [0.1, 0.15) is 0 Å². The minimum atomic E-state index is -0.403. The van der Waals surface area contributed by atoms with E-state index in [4.69, 9.17) is 6.85 Å². The number of para-hydroxylation sites is 5. The second-order valence-electron chi connectivity index (χ2n) is 25.4. The summed E-state index contributed by atoms with van der Waals surface area (Å²) in [4.78, 5) is 0. The third-order valence-electron chi connectivity index (χ3n) is 19.8. The van der Waals surface area contributed by atoms with Crippen LogP contribution in [0.1, 0.15) is 12.4 Å². The van der Waals surface area contributed by atoms with Gasteiger partial charge >= 0.3 is 0 Å². The Balaban J connectivity index is 0.000000142. The predicted molar refractivity (Wildman–Crippen MR) is 412 cm³/mol. The van der Waals surface area contributed by atoms with Gasteiger partial charge in [0.15, 0.2) is 0 Å². The van der Waals surface area contributed by atoms with Crippen LogP contribution in [-0.2, 0) is 0 Å². The molecule has 0 aliphatic heterocycles. The number of benzene rings is 16. The van der Waals surface area contributed by atoms with Gasteiger partial charge in [0.2, 0.25) is 0 Å². The van der Waals surface area contributed by atoms with Crippen molar-refractivity contribution >= 4 is 109 Å². The molecule has 4 aromatic heterocycles. The number of hydrogen-bond acceptors (Lipinski definition) is 0. The Hall–Kier alpha value is -12.8. The van der Waals surface area contributed by atoms with E-state index < -0.39 is 6.04 Å². The molecule has 0 N–H and O–H groups in total. The van der Waals surface area contributed by atoms with Gasteiger partial charge in [0, 0.05) is 65.8 Å². The van der Waals surface area contributed by atoms with Crippen molar-refractivity contribution in [1.29, 1.82) is 0 Å². The summed E-state index contributed by atoms with van der Waals surface area (Å²) >= 11 is 0. The molecular weight excluding hydrogens is 1170 g/mol. The summed E-state index contributed by atoms with van der Waals surface area (Å²) in [5.74, 6) is 0. The van der Waals surface area contributed by atoms with Gasteiger partial charge in [-0.2, -0.15) is 0 Å². The fourth-order valence-corrected chi connectivity index (χ4v) is 15.1. The van der Waals surface area contributed by atoms with Gasteiger partial charge < -0.3 is 18.3 Å². The Kier molecular flexibility index (Phi) is 11.9. The summed E-state index contributed by atoms with van der Waals surface area (Å²) in [5, 5.41) is 14.3. The zero-order chi connectivity index (χ0) is 68.4. The Morgan fingerprint density at radius 3 is 0.814 bits per heavy atom. The Bertz CT molecular complexity index is 6780. The van der Waals surface area contributed by atoms with Crippen LogP contribution in [0, 0.1) is 6.92 Å². The highest BCUT2D eigenvalue weighted by atomic mass is 15.0. The van der Waals surface area contributed by atoms with Crippen LogP contribution in [0.5, 0.6) is 0 Å². The van der Waals surface area contributed by atoms with Gasteiger partial charge in [0.25, 0.3) is 0 Å². The molecule has 0 unspecified atom stereocenters. The number of rotatable bonds is 8. The number of aromatic nitrogens is 4. The molecule has 0 radical (unpaired) electrons. The lowest BCUT2D eigenvalue weighted by atomic mass is 9.98. The van der Waals surface area contributed by atoms with E-state index in [2.05, 4.69) is 324 Å². The van der Waals surface area contributed by atoms with E-state index in [1.54, 1.807) is 0 Å². The Morgan fingerprint density at radius 1 is 0.196 bits per heavy atom. The van der Waals surface area contributed by atoms with Crippen molar-refractivity contribution < 1.29 is 6.85 Å². The minimum absolute atomic E-state index is 0.145. The van der Waals surface area contributed by atoms with Crippen LogP contribution >= 0.6 is 0 Å². The minimum Gasteiger partial charge on any atom is -0.309 e. The van der Waals surface area contributed by atoms with Crippen LogP contribution < -0.4 is 0 Å². The molecule has 97 heavy (non-hydrogen) atoms. The van der Waals surface area contributed by atoms with E-state index >= 15 is 0 Å². The largest absolute Gasteiger partial charge is 0.309 e. The molecule has 16 aromatic carbocycles. The molecule has 0 saturated heterocycles. The molecule has 454 valence electrons. The molecule has 0 atom stereocenters. The molecule has 0 amide bonds. The normalized spacial score (nSPS) is 12.5. The highest BCUT2D eigenvalue weighted by Crippen LogP contribution is 2.41. The molecule has 0 aliphatic carbocycles. The maximum Gasteiger partial charge on any atom is 0.0645 e. The lowest BCUT2D eigenvalue weighted by molar-refractivity contribution is 1.17. The standard InChI is InChI=1S/C47H32N2.C46H30N2/c1-31-14-23-38(24-15-31)48-44-12-6-4-10-40(44)42-26-21-36(29-46(42)48)33-16-18-34(19-17-33)37-22-27-43-41-11-5-7-13-45(41)49(47(43)30-37)39-25-20-32-8-2-3-9-35(32)28-39;1-2-12-37(13-3-1)47-43-16-8-6-14-39(43)41-26-23-35(29-45(41)47)32-18-20-33(21-19-32)36-24-27-42-40-15-7-9-17-44(40)48(46(42)30-36)38-25-22-31-10-4-5-11-34(31)28-38/h2-30H,1H3;1-30H/i;1D,2D,3D,12D,13D. The second kappa shape index (κ2) is 22.8. The van der Waals surface area contributed by atoms with Gasteiger partial charge in [0.05, 0.1) is 51.0 Å². The van der Waals surface area contributed by atoms with E-state index in [1.807, 2.05) is 28.8 Å². The van der Waals surface area contributed by atoms with E-state index in [-0.39, 0.29) is 29.9 Å². The zero-order valence-corrected chi connectivity index (χ0v) is 53.0. The predicted octanol–water partition coefficient (Wildman–Crippen LogP) is 25.0. The molecule has 20 rings (SSSR count).